The summed E-state index contributed by atoms with van der Waals surface area (Å²) in [6.07, 6.45) is 2.02. The molecule has 0 saturated heterocycles. The number of nitrogens with zero attached hydrogens (tertiary/aromatic N) is 1. The van der Waals surface area contributed by atoms with E-state index in [0.717, 1.165) is 12.1 Å². The normalized spacial score (nSPS) is 16.7. The lowest BCUT2D eigenvalue weighted by atomic mass is 10.0. The quantitative estimate of drug-likeness (QED) is 0.841. The van der Waals surface area contributed by atoms with E-state index >= 15 is 0 Å². The summed E-state index contributed by atoms with van der Waals surface area (Å²) in [5.74, 6) is 0.297. The average Bonchev–Trinajstić information content (AvgIpc) is 3.37. The summed E-state index contributed by atoms with van der Waals surface area (Å²) >= 11 is 0. The minimum atomic E-state index is -0.948. The molecule has 4 rings (SSSR count). The molecule has 1 fully saturated rings. The predicted octanol–water partition coefficient (Wildman–Crippen LogP) is 3.39. The lowest BCUT2D eigenvalue weighted by molar-refractivity contribution is -0.132. The Morgan fingerprint density at radius 2 is 1.85 bits per heavy atom. The Hall–Kier alpha value is -2.82. The van der Waals surface area contributed by atoms with Gasteiger partial charge in [-0.15, -0.1) is 0 Å². The van der Waals surface area contributed by atoms with Gasteiger partial charge in [0.25, 0.3) is 0 Å². The molecule has 1 aliphatic heterocycles. The molecule has 0 bridgehead atoms. The number of para-hydroxylation sites is 3. The number of amides is 2. The van der Waals surface area contributed by atoms with E-state index in [2.05, 4.69) is 5.32 Å². The van der Waals surface area contributed by atoms with Gasteiger partial charge < -0.3 is 15.0 Å². The van der Waals surface area contributed by atoms with Gasteiger partial charge in [0.15, 0.2) is 0 Å². The topological polar surface area (TPSA) is 58.6 Å². The Balaban J connectivity index is 1.54. The maximum atomic E-state index is 13.2. The number of hydrogen-bond donors (Lipinski definition) is 1. The van der Waals surface area contributed by atoms with Gasteiger partial charge in [-0.2, -0.15) is 0 Å². The van der Waals surface area contributed by atoms with Crippen LogP contribution in [0, 0.1) is 5.41 Å². The van der Waals surface area contributed by atoms with Crippen molar-refractivity contribution in [2.75, 3.05) is 23.4 Å². The molecular weight excluding hydrogens is 328 g/mol. The van der Waals surface area contributed by atoms with Crippen molar-refractivity contribution >= 4 is 23.2 Å². The molecule has 0 radical (unpaired) electrons. The third kappa shape index (κ3) is 2.73. The number of nitrogens with one attached hydrogen (secondary N) is 1. The molecule has 0 unspecified atom stereocenters. The first-order chi connectivity index (χ1) is 12.7. The highest BCUT2D eigenvalue weighted by atomic mass is 16.5. The van der Waals surface area contributed by atoms with Crippen LogP contribution >= 0.6 is 0 Å². The van der Waals surface area contributed by atoms with Crippen molar-refractivity contribution < 1.29 is 14.3 Å². The van der Waals surface area contributed by atoms with Crippen molar-refractivity contribution in [2.45, 2.75) is 26.2 Å². The predicted molar refractivity (Wildman–Crippen MR) is 100 cm³/mol. The maximum Gasteiger partial charge on any atom is 0.242 e. The third-order valence-corrected chi connectivity index (χ3v) is 5.16. The Morgan fingerprint density at radius 1 is 1.12 bits per heavy atom. The Kier molecular flexibility index (Phi) is 4.15. The van der Waals surface area contributed by atoms with E-state index in [1.165, 1.54) is 5.56 Å². The van der Waals surface area contributed by atoms with Crippen molar-refractivity contribution in [3.63, 3.8) is 0 Å². The zero-order valence-electron chi connectivity index (χ0n) is 14.8. The number of hydrogen-bond acceptors (Lipinski definition) is 3. The van der Waals surface area contributed by atoms with Crippen LogP contribution < -0.4 is 15.0 Å². The van der Waals surface area contributed by atoms with Crippen LogP contribution in [0.5, 0.6) is 5.75 Å². The second kappa shape index (κ2) is 6.48. The van der Waals surface area contributed by atoms with Crippen LogP contribution in [0.3, 0.4) is 0 Å². The smallest absolute Gasteiger partial charge is 0.242 e. The summed E-state index contributed by atoms with van der Waals surface area (Å²) in [4.78, 5) is 27.9. The van der Waals surface area contributed by atoms with Gasteiger partial charge in [-0.05, 0) is 49.9 Å². The number of fused-ring (bicyclic) bond motifs is 1. The minimum absolute atomic E-state index is 0.0890. The van der Waals surface area contributed by atoms with Crippen LogP contribution in [-0.4, -0.2) is 25.0 Å². The fraction of sp³-hybridized carbons (Fsp3) is 0.333. The van der Waals surface area contributed by atoms with Crippen LogP contribution in [0.1, 0.15) is 25.3 Å². The molecule has 1 aliphatic carbocycles. The van der Waals surface area contributed by atoms with E-state index in [0.29, 0.717) is 37.4 Å². The van der Waals surface area contributed by atoms with Crippen molar-refractivity contribution in [1.29, 1.82) is 0 Å². The molecule has 1 heterocycles. The van der Waals surface area contributed by atoms with Crippen molar-refractivity contribution in [2.24, 2.45) is 5.41 Å². The number of carbonyl (C=O) groups is 2. The summed E-state index contributed by atoms with van der Waals surface area (Å²) in [5, 5.41) is 2.92. The van der Waals surface area contributed by atoms with Crippen LogP contribution in [0.2, 0.25) is 0 Å². The maximum absolute atomic E-state index is 13.2. The van der Waals surface area contributed by atoms with E-state index in [9.17, 15) is 9.59 Å². The second-order valence-electron chi connectivity index (χ2n) is 6.80. The number of carbonyl (C=O) groups excluding carboxylic acids is 2. The molecule has 2 aromatic carbocycles. The van der Waals surface area contributed by atoms with Crippen LogP contribution in [0.15, 0.2) is 48.5 Å². The van der Waals surface area contributed by atoms with Crippen LogP contribution in [-0.2, 0) is 16.0 Å². The van der Waals surface area contributed by atoms with Gasteiger partial charge in [0.05, 0.1) is 12.3 Å². The summed E-state index contributed by atoms with van der Waals surface area (Å²) in [6.45, 7) is 3.06. The third-order valence-electron chi connectivity index (χ3n) is 5.16. The highest BCUT2D eigenvalue weighted by Crippen LogP contribution is 2.50. The molecule has 0 aromatic heterocycles. The van der Waals surface area contributed by atoms with E-state index in [1.54, 1.807) is 11.0 Å². The molecule has 2 aliphatic rings. The van der Waals surface area contributed by atoms with Gasteiger partial charge >= 0.3 is 0 Å². The van der Waals surface area contributed by atoms with Gasteiger partial charge in [0.2, 0.25) is 11.8 Å². The van der Waals surface area contributed by atoms with Gasteiger partial charge in [-0.25, -0.2) is 0 Å². The molecule has 1 N–H and O–H groups in total. The summed E-state index contributed by atoms with van der Waals surface area (Å²) in [6, 6.07) is 15.2. The first-order valence-electron chi connectivity index (χ1n) is 9.09. The van der Waals surface area contributed by atoms with Gasteiger partial charge in [-0.3, -0.25) is 9.59 Å². The van der Waals surface area contributed by atoms with E-state index < -0.39 is 5.41 Å². The average molecular weight is 350 g/mol. The first-order valence-corrected chi connectivity index (χ1v) is 9.09. The number of ether oxygens (including phenoxy) is 1. The molecule has 5 heteroatoms. The zero-order valence-corrected chi connectivity index (χ0v) is 14.8. The lowest BCUT2D eigenvalue weighted by Crippen LogP contribution is -2.42. The Labute approximate surface area is 153 Å². The van der Waals surface area contributed by atoms with Crippen molar-refractivity contribution in [3.8, 4) is 5.75 Å². The molecule has 134 valence electrons. The number of rotatable bonds is 5. The first kappa shape index (κ1) is 16.6. The zero-order chi connectivity index (χ0) is 18.1. The number of anilines is 2. The van der Waals surface area contributed by atoms with E-state index in [1.807, 2.05) is 49.4 Å². The SMILES string of the molecule is CCOc1ccccc1NC(=O)C1(C(=O)N2CCc3ccccc32)CC1. The van der Waals surface area contributed by atoms with E-state index in [-0.39, 0.29) is 11.8 Å². The standard InChI is InChI=1S/C21H22N2O3/c1-2-26-18-10-6-4-8-16(18)22-19(24)21(12-13-21)20(25)23-14-11-15-7-3-5-9-17(15)23/h3-10H,2,11-14H2,1H3,(H,22,24). The monoisotopic (exact) mass is 350 g/mol. The van der Waals surface area contributed by atoms with Crippen molar-refractivity contribution in [3.05, 3.63) is 54.1 Å². The number of benzene rings is 2. The Morgan fingerprint density at radius 3 is 2.62 bits per heavy atom. The second-order valence-corrected chi connectivity index (χ2v) is 6.80. The van der Waals surface area contributed by atoms with Crippen LogP contribution in [0.4, 0.5) is 11.4 Å². The molecule has 0 atom stereocenters. The largest absolute Gasteiger partial charge is 0.492 e. The van der Waals surface area contributed by atoms with E-state index in [4.69, 9.17) is 4.74 Å². The summed E-state index contributed by atoms with van der Waals surface area (Å²) in [7, 11) is 0. The van der Waals surface area contributed by atoms with Gasteiger partial charge in [0, 0.05) is 12.2 Å². The van der Waals surface area contributed by atoms with Crippen molar-refractivity contribution in [1.82, 2.24) is 0 Å². The summed E-state index contributed by atoms with van der Waals surface area (Å²) in [5.41, 5.74) is 1.77. The molecule has 5 nitrogen and oxygen atoms in total. The minimum Gasteiger partial charge on any atom is -0.492 e. The van der Waals surface area contributed by atoms with Crippen LogP contribution in [0.25, 0.3) is 0 Å². The molecule has 26 heavy (non-hydrogen) atoms. The summed E-state index contributed by atoms with van der Waals surface area (Å²) < 4.78 is 5.57. The highest BCUT2D eigenvalue weighted by Gasteiger charge is 2.58. The Bertz CT molecular complexity index is 858. The highest BCUT2D eigenvalue weighted by molar-refractivity contribution is 6.18. The van der Waals surface area contributed by atoms with Gasteiger partial charge in [-0.1, -0.05) is 30.3 Å². The molecule has 2 aromatic rings. The molecule has 1 saturated carbocycles. The molecular formula is C21H22N2O3. The lowest BCUT2D eigenvalue weighted by Gasteiger charge is -2.23. The fourth-order valence-electron chi connectivity index (χ4n) is 3.56. The van der Waals surface area contributed by atoms with Gasteiger partial charge in [0.1, 0.15) is 11.2 Å². The molecule has 0 spiro atoms. The fourth-order valence-corrected chi connectivity index (χ4v) is 3.56. The molecule has 2 amide bonds.